The van der Waals surface area contributed by atoms with E-state index < -0.39 is 0 Å². The summed E-state index contributed by atoms with van der Waals surface area (Å²) >= 11 is 0. The van der Waals surface area contributed by atoms with Gasteiger partial charge in [-0.05, 0) is 56.4 Å². The number of hydrogen-bond donors (Lipinski definition) is 0. The summed E-state index contributed by atoms with van der Waals surface area (Å²) < 4.78 is 24.1. The van der Waals surface area contributed by atoms with Crippen LogP contribution < -0.4 is 9.64 Å². The highest BCUT2D eigenvalue weighted by molar-refractivity contribution is 6.00. The van der Waals surface area contributed by atoms with E-state index in [-0.39, 0.29) is 5.82 Å². The Morgan fingerprint density at radius 2 is 1.36 bits per heavy atom. The van der Waals surface area contributed by atoms with E-state index in [0.717, 1.165) is 56.8 Å². The maximum Gasteiger partial charge on any atom is 0.184 e. The average Bonchev–Trinajstić information content (AvgIpc) is 3.05. The van der Waals surface area contributed by atoms with Gasteiger partial charge in [0.25, 0.3) is 0 Å². The van der Waals surface area contributed by atoms with Crippen LogP contribution in [0.15, 0.2) is 36.4 Å². The molecule has 0 N–H and O–H groups in total. The first-order valence-electron chi connectivity index (χ1n) is 18.6. The highest BCUT2D eigenvalue weighted by atomic mass is 19.1. The Labute approximate surface area is 269 Å². The molecule has 0 amide bonds. The summed E-state index contributed by atoms with van der Waals surface area (Å²) in [7, 11) is 0. The second-order valence-corrected chi connectivity index (χ2v) is 13.4. The van der Waals surface area contributed by atoms with E-state index >= 15 is 0 Å². The second-order valence-electron chi connectivity index (χ2n) is 13.4. The van der Waals surface area contributed by atoms with Gasteiger partial charge in [-0.15, -0.1) is 0 Å². The molecule has 0 aromatic heterocycles. The van der Waals surface area contributed by atoms with E-state index in [2.05, 4.69) is 35.5 Å². The molecule has 0 spiro atoms. The molecule has 44 heavy (non-hydrogen) atoms. The summed E-state index contributed by atoms with van der Waals surface area (Å²) in [4.78, 5) is 2.58. The van der Waals surface area contributed by atoms with Gasteiger partial charge in [-0.25, -0.2) is 8.97 Å². The van der Waals surface area contributed by atoms with Crippen LogP contribution in [0, 0.1) is 5.82 Å². The van der Waals surface area contributed by atoms with Crippen molar-refractivity contribution >= 4 is 11.4 Å². The molecule has 0 aliphatic carbocycles. The van der Waals surface area contributed by atoms with Gasteiger partial charge in [0.05, 0.1) is 17.9 Å². The van der Waals surface area contributed by atoms with Crippen LogP contribution in [0.5, 0.6) is 5.75 Å². The van der Waals surface area contributed by atoms with Crippen molar-refractivity contribution in [1.29, 1.82) is 0 Å². The molecule has 2 aliphatic heterocycles. The monoisotopic (exact) mass is 605 g/mol. The van der Waals surface area contributed by atoms with Crippen molar-refractivity contribution in [2.45, 2.75) is 149 Å². The number of benzene rings is 2. The molecule has 1 saturated heterocycles. The summed E-state index contributed by atoms with van der Waals surface area (Å²) in [6.07, 6.45) is 25.5. The normalized spacial score (nSPS) is 15.1. The molecule has 3 nitrogen and oxygen atoms in total. The standard InChI is InChI=1S/C40H62FN2O/c1-3-5-7-9-11-12-13-14-17-25-38-35-26-27-39(42-29-20-16-21-30-42)40(44-32-22-15-10-8-6-4-2)36(35)28-31-43(38)33-34-23-18-19-24-37(34)41/h18-19,23-24,26-27H,3-17,20-22,25,28-33H2,1-2H3/q+1. The zero-order chi connectivity index (χ0) is 30.8. The van der Waals surface area contributed by atoms with Gasteiger partial charge in [-0.1, -0.05) is 109 Å². The summed E-state index contributed by atoms with van der Waals surface area (Å²) in [5.74, 6) is 1.05. The van der Waals surface area contributed by atoms with Gasteiger partial charge in [0.15, 0.2) is 12.3 Å². The predicted molar refractivity (Wildman–Crippen MR) is 186 cm³/mol. The highest BCUT2D eigenvalue weighted by Crippen LogP contribution is 2.39. The van der Waals surface area contributed by atoms with Crippen molar-refractivity contribution in [1.82, 2.24) is 0 Å². The van der Waals surface area contributed by atoms with E-state index in [0.29, 0.717) is 6.54 Å². The molecule has 0 saturated carbocycles. The lowest BCUT2D eigenvalue weighted by molar-refractivity contribution is -0.546. The summed E-state index contributed by atoms with van der Waals surface area (Å²) in [6.45, 7) is 9.18. The fourth-order valence-electron chi connectivity index (χ4n) is 7.19. The molecular formula is C40H62FN2O+. The number of fused-ring (bicyclic) bond motifs is 1. The maximum absolute atomic E-state index is 14.8. The number of anilines is 1. The molecule has 1 fully saturated rings. The van der Waals surface area contributed by atoms with Crippen LogP contribution in [0.3, 0.4) is 0 Å². The van der Waals surface area contributed by atoms with Crippen LogP contribution in [-0.4, -0.2) is 36.5 Å². The number of rotatable bonds is 21. The quantitative estimate of drug-likeness (QED) is 0.104. The van der Waals surface area contributed by atoms with Gasteiger partial charge < -0.3 is 9.64 Å². The molecule has 2 aromatic carbocycles. The van der Waals surface area contributed by atoms with Crippen LogP contribution in [0.25, 0.3) is 0 Å². The van der Waals surface area contributed by atoms with E-state index in [9.17, 15) is 4.39 Å². The van der Waals surface area contributed by atoms with E-state index in [4.69, 9.17) is 4.74 Å². The Balaban J connectivity index is 1.53. The smallest absolute Gasteiger partial charge is 0.184 e. The maximum atomic E-state index is 14.8. The average molecular weight is 606 g/mol. The van der Waals surface area contributed by atoms with Gasteiger partial charge in [-0.2, -0.15) is 0 Å². The third kappa shape index (κ3) is 10.6. The zero-order valence-corrected chi connectivity index (χ0v) is 28.3. The third-order valence-electron chi connectivity index (χ3n) is 9.84. The number of unbranched alkanes of at least 4 members (excludes halogenated alkanes) is 13. The molecule has 244 valence electrons. The van der Waals surface area contributed by atoms with Crippen molar-refractivity contribution < 1.29 is 13.7 Å². The largest absolute Gasteiger partial charge is 0.491 e. The number of ether oxygens (including phenoxy) is 1. The minimum Gasteiger partial charge on any atom is -0.491 e. The van der Waals surface area contributed by atoms with Crippen molar-refractivity contribution in [3.8, 4) is 5.75 Å². The Morgan fingerprint density at radius 1 is 0.727 bits per heavy atom. The van der Waals surface area contributed by atoms with E-state index in [1.165, 1.54) is 132 Å². The van der Waals surface area contributed by atoms with Crippen LogP contribution >= 0.6 is 0 Å². The van der Waals surface area contributed by atoms with Crippen LogP contribution in [-0.2, 0) is 13.0 Å². The van der Waals surface area contributed by atoms with E-state index in [1.807, 2.05) is 12.1 Å². The minimum atomic E-state index is -0.0934. The predicted octanol–water partition coefficient (Wildman–Crippen LogP) is 11.0. The van der Waals surface area contributed by atoms with Gasteiger partial charge in [-0.3, -0.25) is 0 Å². The lowest BCUT2D eigenvalue weighted by atomic mass is 9.91. The zero-order valence-electron chi connectivity index (χ0n) is 28.3. The summed E-state index contributed by atoms with van der Waals surface area (Å²) in [5.41, 5.74) is 6.25. The van der Waals surface area contributed by atoms with E-state index in [1.54, 1.807) is 12.1 Å². The number of piperidine rings is 1. The minimum absolute atomic E-state index is 0.0934. The SMILES string of the molecule is CCCCCCCCCCCC1=[N+](Cc2ccccc2F)CCc2c1ccc(N1CCCCC1)c2OCCCCCCCC. The third-order valence-corrected chi connectivity index (χ3v) is 9.84. The first-order chi connectivity index (χ1) is 21.7. The van der Waals surface area contributed by atoms with Crippen molar-refractivity contribution in [2.75, 3.05) is 31.1 Å². The number of hydrogen-bond acceptors (Lipinski definition) is 2. The molecular weight excluding hydrogens is 543 g/mol. The summed E-state index contributed by atoms with van der Waals surface area (Å²) in [6, 6.07) is 12.1. The number of halogens is 1. The van der Waals surface area contributed by atoms with Crippen molar-refractivity contribution in [2.24, 2.45) is 0 Å². The van der Waals surface area contributed by atoms with Crippen LogP contribution in [0.4, 0.5) is 10.1 Å². The van der Waals surface area contributed by atoms with Gasteiger partial charge in [0.1, 0.15) is 18.1 Å². The first kappa shape index (κ1) is 34.5. The van der Waals surface area contributed by atoms with Crippen LogP contribution in [0.1, 0.15) is 153 Å². The Morgan fingerprint density at radius 3 is 2.05 bits per heavy atom. The lowest BCUT2D eigenvalue weighted by Crippen LogP contribution is -2.33. The fourth-order valence-corrected chi connectivity index (χ4v) is 7.19. The molecule has 2 aromatic rings. The second kappa shape index (κ2) is 19.9. The molecule has 2 heterocycles. The van der Waals surface area contributed by atoms with Gasteiger partial charge in [0, 0.05) is 37.1 Å². The molecule has 4 rings (SSSR count). The highest BCUT2D eigenvalue weighted by Gasteiger charge is 2.31. The Hall–Kier alpha value is -2.36. The molecule has 0 radical (unpaired) electrons. The van der Waals surface area contributed by atoms with Crippen LogP contribution in [0.2, 0.25) is 0 Å². The molecule has 0 bridgehead atoms. The number of nitrogens with zero attached hydrogens (tertiary/aromatic N) is 2. The fraction of sp³-hybridized carbons (Fsp3) is 0.675. The molecule has 0 atom stereocenters. The Kier molecular flexibility index (Phi) is 15.6. The molecule has 4 heteroatoms. The van der Waals surface area contributed by atoms with Crippen molar-refractivity contribution in [3.63, 3.8) is 0 Å². The summed E-state index contributed by atoms with van der Waals surface area (Å²) in [5, 5.41) is 0. The first-order valence-corrected chi connectivity index (χ1v) is 18.6. The van der Waals surface area contributed by atoms with Gasteiger partial charge >= 0.3 is 0 Å². The topological polar surface area (TPSA) is 15.5 Å². The molecule has 0 unspecified atom stereocenters. The molecule has 2 aliphatic rings. The van der Waals surface area contributed by atoms with Crippen molar-refractivity contribution in [3.05, 3.63) is 58.9 Å². The van der Waals surface area contributed by atoms with Gasteiger partial charge in [0.2, 0.25) is 0 Å². The lowest BCUT2D eigenvalue weighted by Gasteiger charge is -2.32. The Bertz CT molecular complexity index is 1140.